The molecule has 0 atom stereocenters. The third-order valence-electron chi connectivity index (χ3n) is 2.95. The van der Waals surface area contributed by atoms with Gasteiger partial charge in [-0.15, -0.1) is 12.4 Å². The number of carboxylic acid groups (broad SMARTS) is 1. The summed E-state index contributed by atoms with van der Waals surface area (Å²) in [5, 5.41) is 11.9. The lowest BCUT2D eigenvalue weighted by Gasteiger charge is -2.05. The van der Waals surface area contributed by atoms with E-state index < -0.39 is 5.97 Å². The van der Waals surface area contributed by atoms with Crippen molar-refractivity contribution in [3.05, 3.63) is 60.2 Å². The molecule has 0 aliphatic rings. The quantitative estimate of drug-likeness (QED) is 0.774. The number of aromatic nitrogens is 3. The van der Waals surface area contributed by atoms with Crippen LogP contribution in [0.3, 0.4) is 0 Å². The number of halogens is 1. The van der Waals surface area contributed by atoms with Crippen LogP contribution in [0.2, 0.25) is 0 Å². The second-order valence-electron chi connectivity index (χ2n) is 4.27. The molecule has 0 aliphatic carbocycles. The molecule has 0 bridgehead atoms. The topological polar surface area (TPSA) is 79.5 Å². The summed E-state index contributed by atoms with van der Waals surface area (Å²) in [6.45, 7) is 0.560. The molecule has 3 heterocycles. The summed E-state index contributed by atoms with van der Waals surface area (Å²) in [7, 11) is 0. The zero-order valence-corrected chi connectivity index (χ0v) is 11.7. The highest BCUT2D eigenvalue weighted by atomic mass is 35.5. The van der Waals surface area contributed by atoms with Crippen molar-refractivity contribution in [2.24, 2.45) is 0 Å². The van der Waals surface area contributed by atoms with Crippen molar-refractivity contribution in [3.63, 3.8) is 0 Å². The van der Waals surface area contributed by atoms with Crippen LogP contribution in [-0.2, 0) is 6.54 Å². The number of aromatic carboxylic acids is 1. The highest BCUT2D eigenvalue weighted by Gasteiger charge is 2.04. The first-order chi connectivity index (χ1) is 9.74. The lowest BCUT2D eigenvalue weighted by atomic mass is 10.3. The normalized spacial score (nSPS) is 10.1. The summed E-state index contributed by atoms with van der Waals surface area (Å²) in [5.41, 5.74) is 2.06. The first-order valence-corrected chi connectivity index (χ1v) is 6.08. The van der Waals surface area contributed by atoms with Crippen molar-refractivity contribution >= 4 is 29.8 Å². The molecule has 0 aliphatic heterocycles. The average Bonchev–Trinajstić information content (AvgIpc) is 2.89. The van der Waals surface area contributed by atoms with Crippen LogP contribution in [-0.4, -0.2) is 25.4 Å². The van der Waals surface area contributed by atoms with Gasteiger partial charge in [-0.2, -0.15) is 0 Å². The molecule has 6 nitrogen and oxygen atoms in total. The van der Waals surface area contributed by atoms with Gasteiger partial charge >= 0.3 is 5.97 Å². The monoisotopic (exact) mass is 304 g/mol. The minimum Gasteiger partial charge on any atom is -0.478 e. The largest absolute Gasteiger partial charge is 0.478 e. The molecule has 0 unspecified atom stereocenters. The number of fused-ring (bicyclic) bond motifs is 1. The fourth-order valence-corrected chi connectivity index (χ4v) is 1.92. The number of hydrogen-bond donors (Lipinski definition) is 2. The van der Waals surface area contributed by atoms with E-state index in [9.17, 15) is 4.79 Å². The van der Waals surface area contributed by atoms with Gasteiger partial charge in [0, 0.05) is 12.4 Å². The molecule has 0 saturated heterocycles. The lowest BCUT2D eigenvalue weighted by Crippen LogP contribution is -2.05. The molecule has 108 valence electrons. The van der Waals surface area contributed by atoms with E-state index in [4.69, 9.17) is 5.11 Å². The molecule has 0 radical (unpaired) electrons. The van der Waals surface area contributed by atoms with Crippen LogP contribution in [0.5, 0.6) is 0 Å². The maximum Gasteiger partial charge on any atom is 0.337 e. The minimum atomic E-state index is -0.981. The summed E-state index contributed by atoms with van der Waals surface area (Å²) < 4.78 is 1.98. The van der Waals surface area contributed by atoms with Gasteiger partial charge in [0.1, 0.15) is 11.5 Å². The number of hydrogen-bond acceptors (Lipinski definition) is 4. The van der Waals surface area contributed by atoms with Gasteiger partial charge < -0.3 is 14.8 Å². The number of anilines is 1. The number of imidazole rings is 1. The molecule has 7 heteroatoms. The number of nitrogens with one attached hydrogen (secondary N) is 1. The predicted molar refractivity (Wildman–Crippen MR) is 81.0 cm³/mol. The van der Waals surface area contributed by atoms with Gasteiger partial charge in [0.15, 0.2) is 0 Å². The van der Waals surface area contributed by atoms with Gasteiger partial charge in [-0.1, -0.05) is 6.07 Å². The maximum atomic E-state index is 10.7. The van der Waals surface area contributed by atoms with Crippen molar-refractivity contribution in [1.29, 1.82) is 0 Å². The first-order valence-electron chi connectivity index (χ1n) is 6.08. The summed E-state index contributed by atoms with van der Waals surface area (Å²) >= 11 is 0. The Bertz CT molecular complexity index is 755. The molecule has 3 rings (SSSR count). The Balaban J connectivity index is 0.00000161. The lowest BCUT2D eigenvalue weighted by molar-refractivity contribution is 0.0696. The number of carboxylic acids is 1. The molecule has 0 aromatic carbocycles. The van der Waals surface area contributed by atoms with E-state index in [0.29, 0.717) is 12.4 Å². The van der Waals surface area contributed by atoms with Crippen LogP contribution in [0.4, 0.5) is 5.82 Å². The molecule has 0 amide bonds. The highest BCUT2D eigenvalue weighted by molar-refractivity contribution is 5.87. The van der Waals surface area contributed by atoms with Crippen LogP contribution in [0.15, 0.2) is 48.9 Å². The fourth-order valence-electron chi connectivity index (χ4n) is 1.92. The standard InChI is InChI=1S/C14H12N4O2.ClH/c19-14(20)10-4-5-12(15-7-10)16-8-11-9-17-13-3-1-2-6-18(11)13;/h1-7,9H,8H2,(H,15,16)(H,19,20);1H. The average molecular weight is 305 g/mol. The Morgan fingerprint density at radius 1 is 1.19 bits per heavy atom. The summed E-state index contributed by atoms with van der Waals surface area (Å²) in [6.07, 6.45) is 5.08. The maximum absolute atomic E-state index is 10.7. The minimum absolute atomic E-state index is 0. The van der Waals surface area contributed by atoms with Crippen molar-refractivity contribution < 1.29 is 9.90 Å². The van der Waals surface area contributed by atoms with Crippen molar-refractivity contribution in [3.8, 4) is 0 Å². The zero-order valence-electron chi connectivity index (χ0n) is 10.9. The second kappa shape index (κ2) is 6.23. The van der Waals surface area contributed by atoms with E-state index in [2.05, 4.69) is 15.3 Å². The number of pyridine rings is 2. The molecule has 0 fully saturated rings. The van der Waals surface area contributed by atoms with E-state index in [0.717, 1.165) is 11.3 Å². The smallest absolute Gasteiger partial charge is 0.337 e. The van der Waals surface area contributed by atoms with Gasteiger partial charge in [-0.25, -0.2) is 14.8 Å². The Morgan fingerprint density at radius 2 is 2.05 bits per heavy atom. The third-order valence-corrected chi connectivity index (χ3v) is 2.95. The Hall–Kier alpha value is -2.60. The zero-order chi connectivity index (χ0) is 13.9. The van der Waals surface area contributed by atoms with Gasteiger partial charge in [-0.05, 0) is 24.3 Å². The SMILES string of the molecule is Cl.O=C(O)c1ccc(NCc2cnc3ccccn23)nc1. The molecule has 0 saturated carbocycles. The highest BCUT2D eigenvalue weighted by Crippen LogP contribution is 2.10. The van der Waals surface area contributed by atoms with E-state index in [1.54, 1.807) is 12.3 Å². The van der Waals surface area contributed by atoms with Crippen molar-refractivity contribution in [1.82, 2.24) is 14.4 Å². The van der Waals surface area contributed by atoms with Crippen molar-refractivity contribution in [2.45, 2.75) is 6.54 Å². The van der Waals surface area contributed by atoms with Crippen LogP contribution in [0.1, 0.15) is 16.1 Å². The molecule has 3 aromatic heterocycles. The number of carbonyl (C=O) groups is 1. The third kappa shape index (κ3) is 3.11. The van der Waals surface area contributed by atoms with E-state index in [-0.39, 0.29) is 18.0 Å². The van der Waals surface area contributed by atoms with Crippen LogP contribution in [0.25, 0.3) is 5.65 Å². The van der Waals surface area contributed by atoms with Crippen LogP contribution in [0, 0.1) is 0 Å². The van der Waals surface area contributed by atoms with Crippen LogP contribution >= 0.6 is 12.4 Å². The van der Waals surface area contributed by atoms with Gasteiger partial charge in [0.2, 0.25) is 0 Å². The van der Waals surface area contributed by atoms with Gasteiger partial charge in [0.25, 0.3) is 0 Å². The van der Waals surface area contributed by atoms with Gasteiger partial charge in [0.05, 0.1) is 24.0 Å². The molecular weight excluding hydrogens is 292 g/mol. The predicted octanol–water partition coefficient (Wildman–Crippen LogP) is 2.46. The Kier molecular flexibility index (Phi) is 4.39. The van der Waals surface area contributed by atoms with Crippen LogP contribution < -0.4 is 5.32 Å². The molecule has 3 aromatic rings. The van der Waals surface area contributed by atoms with E-state index in [1.807, 2.05) is 28.8 Å². The fraction of sp³-hybridized carbons (Fsp3) is 0.0714. The van der Waals surface area contributed by atoms with E-state index >= 15 is 0 Å². The van der Waals surface area contributed by atoms with E-state index in [1.165, 1.54) is 12.3 Å². The van der Waals surface area contributed by atoms with Gasteiger partial charge in [-0.3, -0.25) is 0 Å². The van der Waals surface area contributed by atoms with Crippen molar-refractivity contribution in [2.75, 3.05) is 5.32 Å². The second-order valence-corrected chi connectivity index (χ2v) is 4.27. The molecule has 0 spiro atoms. The molecule has 2 N–H and O–H groups in total. The molecule has 21 heavy (non-hydrogen) atoms. The number of nitrogens with zero attached hydrogens (tertiary/aromatic N) is 3. The molecular formula is C14H13ClN4O2. The Labute approximate surface area is 126 Å². The summed E-state index contributed by atoms with van der Waals surface area (Å²) in [4.78, 5) is 19.1. The first kappa shape index (κ1) is 14.8. The Morgan fingerprint density at radius 3 is 2.76 bits per heavy atom. The number of rotatable bonds is 4. The summed E-state index contributed by atoms with van der Waals surface area (Å²) in [5.74, 6) is -0.355. The summed E-state index contributed by atoms with van der Waals surface area (Å²) in [6, 6.07) is 8.98.